The van der Waals surface area contributed by atoms with E-state index in [0.29, 0.717) is 16.6 Å². The third kappa shape index (κ3) is 3.18. The monoisotopic (exact) mass is 348 g/mol. The minimum Gasteiger partial charge on any atom is -0.467 e. The van der Waals surface area contributed by atoms with Crippen molar-refractivity contribution in [1.29, 1.82) is 0 Å². The number of nitrogens with zero attached hydrogens (tertiary/aromatic N) is 1. The van der Waals surface area contributed by atoms with Crippen LogP contribution in [0.15, 0.2) is 18.2 Å². The average Bonchev–Trinajstić information content (AvgIpc) is 2.90. The van der Waals surface area contributed by atoms with Gasteiger partial charge in [0.1, 0.15) is 17.5 Å². The van der Waals surface area contributed by atoms with E-state index >= 15 is 0 Å². The fourth-order valence-electron chi connectivity index (χ4n) is 3.10. The molecule has 1 aliphatic rings. The van der Waals surface area contributed by atoms with Crippen LogP contribution in [0.1, 0.15) is 32.0 Å². The number of H-pyrrole nitrogens is 1. The molecule has 1 atom stereocenters. The second-order valence-corrected chi connectivity index (χ2v) is 7.10. The van der Waals surface area contributed by atoms with Crippen LogP contribution in [0, 0.1) is 5.82 Å². The maximum absolute atomic E-state index is 14.0. The molecular weight excluding hydrogens is 327 g/mol. The predicted molar refractivity (Wildman–Crippen MR) is 89.5 cm³/mol. The number of carbonyl (C=O) groups is 2. The number of carbonyl (C=O) groups excluding carboxylic acids is 2. The van der Waals surface area contributed by atoms with Crippen LogP contribution in [0.4, 0.5) is 9.18 Å². The van der Waals surface area contributed by atoms with Crippen molar-refractivity contribution in [3.63, 3.8) is 0 Å². The number of esters is 1. The standard InChI is InChI=1S/C18H21FN2O4/c1-18(2,3)25-17(23)21-9-13-11(8-14(21)16(22)24-4)10-6-5-7-12(19)15(10)20-13/h5-7,14,20H,8-9H2,1-4H3/t14-/m0/s1. The number of fused-ring (bicyclic) bond motifs is 3. The first-order chi connectivity index (χ1) is 11.7. The Morgan fingerprint density at radius 3 is 2.68 bits per heavy atom. The molecule has 134 valence electrons. The second kappa shape index (κ2) is 6.06. The van der Waals surface area contributed by atoms with Crippen molar-refractivity contribution < 1.29 is 23.5 Å². The molecule has 0 bridgehead atoms. The zero-order valence-electron chi connectivity index (χ0n) is 14.7. The number of nitrogens with one attached hydrogen (secondary N) is 1. The second-order valence-electron chi connectivity index (χ2n) is 7.10. The number of hydrogen-bond acceptors (Lipinski definition) is 4. The highest BCUT2D eigenvalue weighted by molar-refractivity contribution is 5.89. The number of ether oxygens (including phenoxy) is 2. The fourth-order valence-corrected chi connectivity index (χ4v) is 3.10. The van der Waals surface area contributed by atoms with Gasteiger partial charge in [-0.25, -0.2) is 14.0 Å². The first kappa shape index (κ1) is 17.3. The highest BCUT2D eigenvalue weighted by Crippen LogP contribution is 2.32. The van der Waals surface area contributed by atoms with Crippen molar-refractivity contribution in [2.45, 2.75) is 45.4 Å². The summed E-state index contributed by atoms with van der Waals surface area (Å²) in [5, 5.41) is 0.716. The van der Waals surface area contributed by atoms with Gasteiger partial charge in [0, 0.05) is 17.5 Å². The molecule has 0 radical (unpaired) electrons. The number of halogens is 1. The number of methoxy groups -OCH3 is 1. The lowest BCUT2D eigenvalue weighted by Crippen LogP contribution is -2.50. The number of para-hydroxylation sites is 1. The number of benzene rings is 1. The van der Waals surface area contributed by atoms with Crippen LogP contribution in [0.3, 0.4) is 0 Å². The van der Waals surface area contributed by atoms with Crippen LogP contribution in [-0.2, 0) is 27.2 Å². The summed E-state index contributed by atoms with van der Waals surface area (Å²) in [7, 11) is 1.28. The molecule has 1 aliphatic heterocycles. The maximum atomic E-state index is 14.0. The maximum Gasteiger partial charge on any atom is 0.411 e. The highest BCUT2D eigenvalue weighted by Gasteiger charge is 2.39. The van der Waals surface area contributed by atoms with Gasteiger partial charge in [0.05, 0.1) is 19.2 Å². The molecule has 1 N–H and O–H groups in total. The van der Waals surface area contributed by atoms with E-state index in [4.69, 9.17) is 9.47 Å². The Morgan fingerprint density at radius 2 is 2.04 bits per heavy atom. The van der Waals surface area contributed by atoms with Crippen LogP contribution in [0.5, 0.6) is 0 Å². The summed E-state index contributed by atoms with van der Waals surface area (Å²) >= 11 is 0. The molecule has 0 fully saturated rings. The molecule has 7 heteroatoms. The van der Waals surface area contributed by atoms with E-state index < -0.39 is 23.7 Å². The van der Waals surface area contributed by atoms with E-state index in [0.717, 1.165) is 5.56 Å². The summed E-state index contributed by atoms with van der Waals surface area (Å²) in [5.41, 5.74) is 1.21. The Hall–Kier alpha value is -2.57. The van der Waals surface area contributed by atoms with Gasteiger partial charge in [0.15, 0.2) is 0 Å². The van der Waals surface area contributed by atoms with Crippen LogP contribution in [-0.4, -0.2) is 40.7 Å². The molecule has 0 spiro atoms. The third-order valence-corrected chi connectivity index (χ3v) is 4.18. The molecule has 2 heterocycles. The minimum atomic E-state index is -0.811. The Bertz CT molecular complexity index is 837. The Balaban J connectivity index is 2.03. The molecular formula is C18H21FN2O4. The summed E-state index contributed by atoms with van der Waals surface area (Å²) in [6, 6.07) is 3.98. The fraction of sp³-hybridized carbons (Fsp3) is 0.444. The lowest BCUT2D eigenvalue weighted by atomic mass is 9.97. The van der Waals surface area contributed by atoms with Gasteiger partial charge >= 0.3 is 12.1 Å². The highest BCUT2D eigenvalue weighted by atomic mass is 19.1. The summed E-state index contributed by atoms with van der Waals surface area (Å²) in [6.45, 7) is 5.39. The first-order valence-corrected chi connectivity index (χ1v) is 8.06. The molecule has 0 saturated heterocycles. The summed E-state index contributed by atoms with van der Waals surface area (Å²) in [4.78, 5) is 29.1. The van der Waals surface area contributed by atoms with Crippen LogP contribution < -0.4 is 0 Å². The number of rotatable bonds is 1. The zero-order valence-corrected chi connectivity index (χ0v) is 14.7. The smallest absolute Gasteiger partial charge is 0.411 e. The van der Waals surface area contributed by atoms with Gasteiger partial charge in [0.2, 0.25) is 0 Å². The Labute approximate surface area is 144 Å². The average molecular weight is 348 g/mol. The summed E-state index contributed by atoms with van der Waals surface area (Å²) in [6.07, 6.45) is -0.363. The van der Waals surface area contributed by atoms with E-state index in [-0.39, 0.29) is 18.8 Å². The molecule has 3 rings (SSSR count). The van der Waals surface area contributed by atoms with E-state index in [9.17, 15) is 14.0 Å². The zero-order chi connectivity index (χ0) is 18.4. The lowest BCUT2D eigenvalue weighted by molar-refractivity contribution is -0.147. The van der Waals surface area contributed by atoms with Crippen LogP contribution in [0.25, 0.3) is 10.9 Å². The largest absolute Gasteiger partial charge is 0.467 e. The SMILES string of the molecule is COC(=O)[C@@H]1Cc2c([nH]c3c(F)cccc23)CN1C(=O)OC(C)(C)C. The quantitative estimate of drug-likeness (QED) is 0.804. The van der Waals surface area contributed by atoms with Crippen LogP contribution in [0.2, 0.25) is 0 Å². The van der Waals surface area contributed by atoms with Gasteiger partial charge in [-0.15, -0.1) is 0 Å². The molecule has 0 saturated carbocycles. The van der Waals surface area contributed by atoms with Gasteiger partial charge in [0.25, 0.3) is 0 Å². The molecule has 0 aliphatic carbocycles. The predicted octanol–water partition coefficient (Wildman–Crippen LogP) is 3.14. The minimum absolute atomic E-state index is 0.123. The van der Waals surface area contributed by atoms with E-state index in [1.54, 1.807) is 32.9 Å². The number of amides is 1. The van der Waals surface area contributed by atoms with Crippen molar-refractivity contribution >= 4 is 23.0 Å². The van der Waals surface area contributed by atoms with Crippen LogP contribution >= 0.6 is 0 Å². The Morgan fingerprint density at radius 1 is 1.32 bits per heavy atom. The van der Waals surface area contributed by atoms with Gasteiger partial charge < -0.3 is 14.5 Å². The van der Waals surface area contributed by atoms with Crippen molar-refractivity contribution in [1.82, 2.24) is 9.88 Å². The molecule has 1 amide bonds. The van der Waals surface area contributed by atoms with E-state index in [1.165, 1.54) is 18.1 Å². The number of aromatic amines is 1. The number of hydrogen-bond donors (Lipinski definition) is 1. The molecule has 1 aromatic heterocycles. The summed E-state index contributed by atoms with van der Waals surface area (Å²) < 4.78 is 24.3. The van der Waals surface area contributed by atoms with Crippen molar-refractivity contribution in [3.05, 3.63) is 35.3 Å². The molecule has 0 unspecified atom stereocenters. The van der Waals surface area contributed by atoms with Crippen molar-refractivity contribution in [3.8, 4) is 0 Å². The molecule has 1 aromatic carbocycles. The van der Waals surface area contributed by atoms with E-state index in [2.05, 4.69) is 4.98 Å². The topological polar surface area (TPSA) is 71.6 Å². The molecule has 25 heavy (non-hydrogen) atoms. The van der Waals surface area contributed by atoms with Crippen molar-refractivity contribution in [2.75, 3.05) is 7.11 Å². The summed E-state index contributed by atoms with van der Waals surface area (Å²) in [5.74, 6) is -0.896. The third-order valence-electron chi connectivity index (χ3n) is 4.18. The van der Waals surface area contributed by atoms with Crippen molar-refractivity contribution in [2.24, 2.45) is 0 Å². The Kier molecular flexibility index (Phi) is 4.18. The normalized spacial score (nSPS) is 17.3. The number of aromatic nitrogens is 1. The molecule has 2 aromatic rings. The van der Waals surface area contributed by atoms with Gasteiger partial charge in [-0.3, -0.25) is 4.90 Å². The van der Waals surface area contributed by atoms with Gasteiger partial charge in [-0.05, 0) is 32.4 Å². The van der Waals surface area contributed by atoms with Gasteiger partial charge in [-0.1, -0.05) is 12.1 Å². The molecule has 6 nitrogen and oxygen atoms in total. The van der Waals surface area contributed by atoms with Gasteiger partial charge in [-0.2, -0.15) is 0 Å². The first-order valence-electron chi connectivity index (χ1n) is 8.06. The lowest BCUT2D eigenvalue weighted by Gasteiger charge is -2.35. The van der Waals surface area contributed by atoms with E-state index in [1.807, 2.05) is 0 Å².